The molecule has 0 atom stereocenters. The number of hydrogen-bond donors (Lipinski definition) is 1. The van der Waals surface area contributed by atoms with Gasteiger partial charge in [-0.1, -0.05) is 26.0 Å². The number of carbonyl (C=O) groups excluding carboxylic acids is 2. The minimum Gasteiger partial charge on any atom is -0.452 e. The minimum atomic E-state index is -0.812. The fraction of sp³-hybridized carbons (Fsp3) is 0.222. The number of esters is 1. The molecule has 0 saturated carbocycles. The standard InChI is InChI=1S/C18H17F2NO3/c1-11(2)12-3-5-13(6-4-12)18(23)24-10-17(22)21-16-8-14(19)7-15(20)9-16/h3-9,11H,10H2,1-2H3,(H,21,22). The molecule has 0 aliphatic rings. The Morgan fingerprint density at radius 1 is 1.04 bits per heavy atom. The normalized spacial score (nSPS) is 10.5. The van der Waals surface area contributed by atoms with Gasteiger partial charge in [0.05, 0.1) is 5.56 Å². The largest absolute Gasteiger partial charge is 0.452 e. The molecule has 0 fully saturated rings. The Morgan fingerprint density at radius 3 is 2.17 bits per heavy atom. The Morgan fingerprint density at radius 2 is 1.62 bits per heavy atom. The number of ether oxygens (including phenoxy) is 1. The van der Waals surface area contributed by atoms with Crippen molar-refractivity contribution in [3.8, 4) is 0 Å². The highest BCUT2D eigenvalue weighted by atomic mass is 19.1. The fourth-order valence-electron chi connectivity index (χ4n) is 2.04. The highest BCUT2D eigenvalue weighted by molar-refractivity contribution is 5.95. The van der Waals surface area contributed by atoms with E-state index >= 15 is 0 Å². The van der Waals surface area contributed by atoms with Gasteiger partial charge in [-0.3, -0.25) is 4.79 Å². The van der Waals surface area contributed by atoms with E-state index in [-0.39, 0.29) is 5.69 Å². The second-order valence-corrected chi connectivity index (χ2v) is 5.56. The highest BCUT2D eigenvalue weighted by Crippen LogP contribution is 2.15. The van der Waals surface area contributed by atoms with Crippen LogP contribution in [0.3, 0.4) is 0 Å². The molecule has 2 aromatic rings. The number of carbonyl (C=O) groups is 2. The summed E-state index contributed by atoms with van der Waals surface area (Å²) >= 11 is 0. The van der Waals surface area contributed by atoms with Crippen molar-refractivity contribution in [1.82, 2.24) is 0 Å². The topological polar surface area (TPSA) is 55.4 Å². The van der Waals surface area contributed by atoms with Crippen LogP contribution in [0.1, 0.15) is 35.7 Å². The second kappa shape index (κ2) is 7.68. The zero-order valence-corrected chi connectivity index (χ0v) is 13.3. The molecule has 0 aliphatic carbocycles. The van der Waals surface area contributed by atoms with E-state index in [0.717, 1.165) is 17.7 Å². The van der Waals surface area contributed by atoms with Crippen LogP contribution in [0.5, 0.6) is 0 Å². The molecule has 0 unspecified atom stereocenters. The summed E-state index contributed by atoms with van der Waals surface area (Å²) in [5, 5.41) is 2.26. The van der Waals surface area contributed by atoms with Crippen LogP contribution in [-0.4, -0.2) is 18.5 Å². The van der Waals surface area contributed by atoms with Gasteiger partial charge < -0.3 is 10.1 Å². The third-order valence-electron chi connectivity index (χ3n) is 3.29. The molecule has 1 N–H and O–H groups in total. The first-order valence-electron chi connectivity index (χ1n) is 7.38. The van der Waals surface area contributed by atoms with Gasteiger partial charge in [-0.25, -0.2) is 13.6 Å². The summed E-state index contributed by atoms with van der Waals surface area (Å²) in [7, 11) is 0. The lowest BCUT2D eigenvalue weighted by Gasteiger charge is -2.08. The summed E-state index contributed by atoms with van der Waals surface area (Å²) in [6, 6.07) is 9.50. The second-order valence-electron chi connectivity index (χ2n) is 5.56. The quantitative estimate of drug-likeness (QED) is 0.845. The summed E-state index contributed by atoms with van der Waals surface area (Å²) in [5.74, 6) is -2.62. The van der Waals surface area contributed by atoms with Crippen LogP contribution in [-0.2, 0) is 9.53 Å². The number of halogens is 2. The van der Waals surface area contributed by atoms with Crippen LogP contribution in [0.25, 0.3) is 0 Å². The molecule has 0 aliphatic heterocycles. The molecule has 24 heavy (non-hydrogen) atoms. The number of amides is 1. The highest BCUT2D eigenvalue weighted by Gasteiger charge is 2.11. The molecule has 0 aromatic heterocycles. The van der Waals surface area contributed by atoms with Gasteiger partial charge in [0.25, 0.3) is 5.91 Å². The Balaban J connectivity index is 1.89. The van der Waals surface area contributed by atoms with E-state index in [1.165, 1.54) is 0 Å². The van der Waals surface area contributed by atoms with E-state index in [1.807, 2.05) is 26.0 Å². The number of rotatable bonds is 5. The first kappa shape index (κ1) is 17.6. The monoisotopic (exact) mass is 333 g/mol. The third kappa shape index (κ3) is 4.87. The van der Waals surface area contributed by atoms with Gasteiger partial charge in [0.2, 0.25) is 0 Å². The smallest absolute Gasteiger partial charge is 0.338 e. The fourth-order valence-corrected chi connectivity index (χ4v) is 2.04. The van der Waals surface area contributed by atoms with Crippen LogP contribution < -0.4 is 5.32 Å². The Labute approximate surface area is 138 Å². The molecule has 2 rings (SSSR count). The maximum absolute atomic E-state index is 13.0. The summed E-state index contributed by atoms with van der Waals surface area (Å²) in [6.07, 6.45) is 0. The van der Waals surface area contributed by atoms with Crippen molar-refractivity contribution in [3.05, 3.63) is 65.2 Å². The predicted octanol–water partition coefficient (Wildman–Crippen LogP) is 3.88. The Bertz CT molecular complexity index is 722. The molecule has 1 amide bonds. The number of nitrogens with one attached hydrogen (secondary N) is 1. The van der Waals surface area contributed by atoms with Crippen LogP contribution in [0.2, 0.25) is 0 Å². The Hall–Kier alpha value is -2.76. The molecule has 126 valence electrons. The van der Waals surface area contributed by atoms with Gasteiger partial charge in [-0.05, 0) is 35.7 Å². The van der Waals surface area contributed by atoms with Crippen molar-refractivity contribution in [3.63, 3.8) is 0 Å². The maximum Gasteiger partial charge on any atom is 0.338 e. The van der Waals surface area contributed by atoms with E-state index in [9.17, 15) is 18.4 Å². The summed E-state index contributed by atoms with van der Waals surface area (Å²) < 4.78 is 30.9. The van der Waals surface area contributed by atoms with Crippen LogP contribution >= 0.6 is 0 Å². The van der Waals surface area contributed by atoms with E-state index in [0.29, 0.717) is 17.5 Å². The first-order valence-corrected chi connectivity index (χ1v) is 7.38. The lowest BCUT2D eigenvalue weighted by molar-refractivity contribution is -0.119. The van der Waals surface area contributed by atoms with Crippen molar-refractivity contribution in [2.24, 2.45) is 0 Å². The van der Waals surface area contributed by atoms with Gasteiger partial charge in [0.15, 0.2) is 6.61 Å². The summed E-state index contributed by atoms with van der Waals surface area (Å²) in [4.78, 5) is 23.5. The van der Waals surface area contributed by atoms with Crippen molar-refractivity contribution in [2.45, 2.75) is 19.8 Å². The van der Waals surface area contributed by atoms with E-state index < -0.39 is 30.1 Å². The average Bonchev–Trinajstić information content (AvgIpc) is 2.51. The lowest BCUT2D eigenvalue weighted by atomic mass is 10.0. The molecule has 2 aromatic carbocycles. The third-order valence-corrected chi connectivity index (χ3v) is 3.29. The van der Waals surface area contributed by atoms with Gasteiger partial charge in [0, 0.05) is 11.8 Å². The van der Waals surface area contributed by atoms with Crippen molar-refractivity contribution in [1.29, 1.82) is 0 Å². The van der Waals surface area contributed by atoms with Crippen LogP contribution in [0.15, 0.2) is 42.5 Å². The van der Waals surface area contributed by atoms with Gasteiger partial charge in [-0.15, -0.1) is 0 Å². The molecule has 6 heteroatoms. The van der Waals surface area contributed by atoms with Gasteiger partial charge in [0.1, 0.15) is 11.6 Å². The number of benzene rings is 2. The SMILES string of the molecule is CC(C)c1ccc(C(=O)OCC(=O)Nc2cc(F)cc(F)c2)cc1. The molecule has 4 nitrogen and oxygen atoms in total. The molecular formula is C18H17F2NO3. The van der Waals surface area contributed by atoms with E-state index in [2.05, 4.69) is 5.32 Å². The van der Waals surface area contributed by atoms with Crippen LogP contribution in [0.4, 0.5) is 14.5 Å². The number of hydrogen-bond acceptors (Lipinski definition) is 3. The van der Waals surface area contributed by atoms with Gasteiger partial charge >= 0.3 is 5.97 Å². The van der Waals surface area contributed by atoms with Crippen LogP contribution in [0, 0.1) is 11.6 Å². The van der Waals surface area contributed by atoms with Crippen molar-refractivity contribution in [2.75, 3.05) is 11.9 Å². The van der Waals surface area contributed by atoms with Crippen molar-refractivity contribution < 1.29 is 23.1 Å². The molecular weight excluding hydrogens is 316 g/mol. The minimum absolute atomic E-state index is 0.0464. The van der Waals surface area contributed by atoms with E-state index in [4.69, 9.17) is 4.74 Å². The molecule has 0 bridgehead atoms. The first-order chi connectivity index (χ1) is 11.3. The van der Waals surface area contributed by atoms with E-state index in [1.54, 1.807) is 12.1 Å². The average molecular weight is 333 g/mol. The molecule has 0 heterocycles. The summed E-state index contributed by atoms with van der Waals surface area (Å²) in [5.41, 5.74) is 1.36. The molecule has 0 saturated heterocycles. The van der Waals surface area contributed by atoms with Gasteiger partial charge in [-0.2, -0.15) is 0 Å². The van der Waals surface area contributed by atoms with Crippen molar-refractivity contribution >= 4 is 17.6 Å². The maximum atomic E-state index is 13.0. The number of anilines is 1. The zero-order chi connectivity index (χ0) is 17.7. The summed E-state index contributed by atoms with van der Waals surface area (Å²) in [6.45, 7) is 3.52. The lowest BCUT2D eigenvalue weighted by Crippen LogP contribution is -2.21. The predicted molar refractivity (Wildman–Crippen MR) is 85.8 cm³/mol. The zero-order valence-electron chi connectivity index (χ0n) is 13.3. The molecule has 0 spiro atoms. The Kier molecular flexibility index (Phi) is 5.63. The molecule has 0 radical (unpaired) electrons.